The maximum atomic E-state index is 13.4. The summed E-state index contributed by atoms with van der Waals surface area (Å²) in [6.07, 6.45) is 5.74. The SMILES string of the molecule is CCCCCOC1(C(F)F)C=CC(c2ccccc2)=CC1. The standard InChI is InChI=1S/C18H22F2O/c1-2-3-7-14-21-18(17(19)20)12-10-16(11-13-18)15-8-5-4-6-9-15/h4-6,8-12,17H,2-3,7,13-14H2,1H3. The maximum Gasteiger partial charge on any atom is 0.270 e. The third-order valence-electron chi connectivity index (χ3n) is 3.78. The number of alkyl halides is 2. The predicted molar refractivity (Wildman–Crippen MR) is 82.4 cm³/mol. The Morgan fingerprint density at radius 3 is 2.52 bits per heavy atom. The van der Waals surface area contributed by atoms with Crippen LogP contribution in [-0.4, -0.2) is 18.6 Å². The normalized spacial score (nSPS) is 21.6. The van der Waals surface area contributed by atoms with Crippen molar-refractivity contribution in [2.45, 2.75) is 44.6 Å². The highest BCUT2D eigenvalue weighted by atomic mass is 19.3. The Morgan fingerprint density at radius 2 is 1.95 bits per heavy atom. The van der Waals surface area contributed by atoms with Gasteiger partial charge in [-0.15, -0.1) is 0 Å². The van der Waals surface area contributed by atoms with Gasteiger partial charge in [0, 0.05) is 13.0 Å². The number of hydrogen-bond acceptors (Lipinski definition) is 1. The lowest BCUT2D eigenvalue weighted by Gasteiger charge is -2.31. The quantitative estimate of drug-likeness (QED) is 0.624. The van der Waals surface area contributed by atoms with Crippen LogP contribution in [0.2, 0.25) is 0 Å². The first-order valence-electron chi connectivity index (χ1n) is 7.55. The van der Waals surface area contributed by atoms with Crippen LogP contribution in [0.15, 0.2) is 48.6 Å². The molecule has 0 bridgehead atoms. The van der Waals surface area contributed by atoms with Crippen molar-refractivity contribution in [3.8, 4) is 0 Å². The van der Waals surface area contributed by atoms with Crippen molar-refractivity contribution in [1.82, 2.24) is 0 Å². The van der Waals surface area contributed by atoms with Gasteiger partial charge in [0.05, 0.1) is 0 Å². The van der Waals surface area contributed by atoms with Gasteiger partial charge < -0.3 is 4.74 Å². The molecule has 0 fully saturated rings. The van der Waals surface area contributed by atoms with Crippen LogP contribution in [-0.2, 0) is 4.74 Å². The van der Waals surface area contributed by atoms with Crippen LogP contribution >= 0.6 is 0 Å². The minimum atomic E-state index is -2.51. The third kappa shape index (κ3) is 4.01. The van der Waals surface area contributed by atoms with Crippen LogP contribution in [0.4, 0.5) is 8.78 Å². The minimum Gasteiger partial charge on any atom is -0.365 e. The zero-order valence-electron chi connectivity index (χ0n) is 12.4. The number of halogens is 2. The molecule has 0 spiro atoms. The predicted octanol–water partition coefficient (Wildman–Crippen LogP) is 5.24. The molecule has 0 saturated heterocycles. The van der Waals surface area contributed by atoms with E-state index in [2.05, 4.69) is 6.92 Å². The highest BCUT2D eigenvalue weighted by molar-refractivity contribution is 5.75. The molecule has 0 saturated carbocycles. The van der Waals surface area contributed by atoms with Gasteiger partial charge in [0.15, 0.2) is 5.60 Å². The molecular formula is C18H22F2O. The number of benzene rings is 1. The lowest BCUT2D eigenvalue weighted by atomic mass is 9.89. The molecule has 0 amide bonds. The summed E-state index contributed by atoms with van der Waals surface area (Å²) in [5.74, 6) is 0. The number of rotatable bonds is 7. The third-order valence-corrected chi connectivity index (χ3v) is 3.78. The molecule has 1 aromatic rings. The minimum absolute atomic E-state index is 0.220. The fourth-order valence-electron chi connectivity index (χ4n) is 2.43. The Morgan fingerprint density at radius 1 is 1.19 bits per heavy atom. The van der Waals surface area contributed by atoms with Gasteiger partial charge in [-0.1, -0.05) is 62.2 Å². The molecule has 0 heterocycles. The summed E-state index contributed by atoms with van der Waals surface area (Å²) < 4.78 is 32.4. The van der Waals surface area contributed by atoms with Crippen molar-refractivity contribution in [2.24, 2.45) is 0 Å². The number of allylic oxidation sites excluding steroid dienone is 2. The van der Waals surface area contributed by atoms with Crippen LogP contribution in [0.3, 0.4) is 0 Å². The van der Waals surface area contributed by atoms with Crippen molar-refractivity contribution < 1.29 is 13.5 Å². The highest BCUT2D eigenvalue weighted by Crippen LogP contribution is 2.34. The van der Waals surface area contributed by atoms with E-state index >= 15 is 0 Å². The first-order valence-corrected chi connectivity index (χ1v) is 7.55. The van der Waals surface area contributed by atoms with Crippen molar-refractivity contribution >= 4 is 5.57 Å². The second-order valence-corrected chi connectivity index (χ2v) is 5.37. The van der Waals surface area contributed by atoms with Gasteiger partial charge in [-0.3, -0.25) is 0 Å². The summed E-state index contributed by atoms with van der Waals surface area (Å²) in [6, 6.07) is 9.79. The zero-order chi connectivity index (χ0) is 15.1. The molecule has 1 aliphatic rings. The molecule has 0 aromatic heterocycles. The second-order valence-electron chi connectivity index (χ2n) is 5.37. The fraction of sp³-hybridized carbons (Fsp3) is 0.444. The van der Waals surface area contributed by atoms with Crippen LogP contribution in [0.1, 0.15) is 38.2 Å². The van der Waals surface area contributed by atoms with Gasteiger partial charge in [-0.05, 0) is 23.6 Å². The average Bonchev–Trinajstić information content (AvgIpc) is 2.53. The average molecular weight is 292 g/mol. The van der Waals surface area contributed by atoms with Gasteiger partial charge in [0.25, 0.3) is 6.43 Å². The molecule has 1 nitrogen and oxygen atoms in total. The van der Waals surface area contributed by atoms with Crippen LogP contribution in [0.5, 0.6) is 0 Å². The summed E-state index contributed by atoms with van der Waals surface area (Å²) in [6.45, 7) is 2.47. The molecule has 0 N–H and O–H groups in total. The molecule has 1 unspecified atom stereocenters. The van der Waals surface area contributed by atoms with Gasteiger partial charge >= 0.3 is 0 Å². The number of ether oxygens (including phenoxy) is 1. The summed E-state index contributed by atoms with van der Waals surface area (Å²) in [5, 5.41) is 0. The molecule has 2 rings (SSSR count). The summed E-state index contributed by atoms with van der Waals surface area (Å²) in [4.78, 5) is 0. The molecule has 114 valence electrons. The summed E-state index contributed by atoms with van der Waals surface area (Å²) in [7, 11) is 0. The first-order chi connectivity index (χ1) is 10.2. The maximum absolute atomic E-state index is 13.4. The second kappa shape index (κ2) is 7.51. The Bertz CT molecular complexity index is 493. The molecule has 21 heavy (non-hydrogen) atoms. The van der Waals surface area contributed by atoms with E-state index in [1.54, 1.807) is 6.08 Å². The van der Waals surface area contributed by atoms with E-state index in [4.69, 9.17) is 4.74 Å². The lowest BCUT2D eigenvalue weighted by molar-refractivity contribution is -0.109. The topological polar surface area (TPSA) is 9.23 Å². The van der Waals surface area contributed by atoms with E-state index in [9.17, 15) is 8.78 Å². The smallest absolute Gasteiger partial charge is 0.270 e. The molecule has 0 aliphatic heterocycles. The monoisotopic (exact) mass is 292 g/mol. The largest absolute Gasteiger partial charge is 0.365 e. The van der Waals surface area contributed by atoms with E-state index in [1.807, 2.05) is 36.4 Å². The fourth-order valence-corrected chi connectivity index (χ4v) is 2.43. The van der Waals surface area contributed by atoms with Crippen LogP contribution in [0, 0.1) is 0 Å². The van der Waals surface area contributed by atoms with Crippen LogP contribution in [0.25, 0.3) is 5.57 Å². The van der Waals surface area contributed by atoms with Gasteiger partial charge in [-0.25, -0.2) is 8.78 Å². The molecular weight excluding hydrogens is 270 g/mol. The van der Waals surface area contributed by atoms with Crippen molar-refractivity contribution in [2.75, 3.05) is 6.61 Å². The van der Waals surface area contributed by atoms with Crippen molar-refractivity contribution in [1.29, 1.82) is 0 Å². The van der Waals surface area contributed by atoms with E-state index in [-0.39, 0.29) is 6.42 Å². The van der Waals surface area contributed by atoms with Gasteiger partial charge in [0.1, 0.15) is 0 Å². The van der Waals surface area contributed by atoms with Crippen LogP contribution < -0.4 is 0 Å². The van der Waals surface area contributed by atoms with Crippen molar-refractivity contribution in [3.63, 3.8) is 0 Å². The molecule has 1 aromatic carbocycles. The number of unbranched alkanes of at least 4 members (excludes halogenated alkanes) is 2. The van der Waals surface area contributed by atoms with Gasteiger partial charge in [-0.2, -0.15) is 0 Å². The Balaban J connectivity index is 2.04. The van der Waals surface area contributed by atoms with Crippen molar-refractivity contribution in [3.05, 3.63) is 54.1 Å². The Hall–Kier alpha value is -1.48. The van der Waals surface area contributed by atoms with Gasteiger partial charge in [0.2, 0.25) is 0 Å². The summed E-state index contributed by atoms with van der Waals surface area (Å²) >= 11 is 0. The molecule has 1 atom stereocenters. The number of hydrogen-bond donors (Lipinski definition) is 0. The molecule has 0 radical (unpaired) electrons. The Labute approximate surface area is 125 Å². The van der Waals surface area contributed by atoms with E-state index in [0.29, 0.717) is 6.61 Å². The zero-order valence-corrected chi connectivity index (χ0v) is 12.4. The lowest BCUT2D eigenvalue weighted by Crippen LogP contribution is -2.39. The van der Waals surface area contributed by atoms with E-state index < -0.39 is 12.0 Å². The van der Waals surface area contributed by atoms with E-state index in [0.717, 1.165) is 30.4 Å². The highest BCUT2D eigenvalue weighted by Gasteiger charge is 2.39. The molecule has 1 aliphatic carbocycles. The summed E-state index contributed by atoms with van der Waals surface area (Å²) in [5.41, 5.74) is 0.568. The first kappa shape index (κ1) is 15.9. The Kier molecular flexibility index (Phi) is 5.68. The molecule has 3 heteroatoms. The van der Waals surface area contributed by atoms with E-state index in [1.165, 1.54) is 6.08 Å².